The average Bonchev–Trinajstić information content (AvgIpc) is 3.18. The summed E-state index contributed by atoms with van der Waals surface area (Å²) in [5.74, 6) is -0.948. The van der Waals surface area contributed by atoms with Gasteiger partial charge >= 0.3 is 0 Å². The van der Waals surface area contributed by atoms with Crippen LogP contribution in [0.25, 0.3) is 0 Å². The lowest BCUT2D eigenvalue weighted by Gasteiger charge is -2.29. The summed E-state index contributed by atoms with van der Waals surface area (Å²) in [5, 5.41) is 1.76. The van der Waals surface area contributed by atoms with Crippen molar-refractivity contribution in [1.82, 2.24) is 4.90 Å². The molecule has 0 spiro atoms. The zero-order valence-electron chi connectivity index (χ0n) is 16.6. The smallest absolute Gasteiger partial charge is 0.261 e. The fraction of sp³-hybridized carbons (Fsp3) is 0.364. The van der Waals surface area contributed by atoms with Gasteiger partial charge in [0.2, 0.25) is 5.91 Å². The fourth-order valence-corrected chi connectivity index (χ4v) is 4.11. The van der Waals surface area contributed by atoms with E-state index in [1.807, 2.05) is 81.4 Å². The predicted molar refractivity (Wildman–Crippen MR) is 108 cm³/mol. The average molecular weight is 379 g/mol. The van der Waals surface area contributed by atoms with Crippen LogP contribution in [0.4, 0.5) is 11.4 Å². The maximum Gasteiger partial charge on any atom is 0.261 e. The molecular formula is C22H25N3O3. The number of carbonyl (C=O) groups is 2. The van der Waals surface area contributed by atoms with Crippen LogP contribution >= 0.6 is 0 Å². The third-order valence-electron chi connectivity index (χ3n) is 5.63. The number of fused-ring (bicyclic) bond motifs is 1. The molecule has 2 aromatic rings. The summed E-state index contributed by atoms with van der Waals surface area (Å²) in [5.41, 5.74) is 3.94. The van der Waals surface area contributed by atoms with Crippen molar-refractivity contribution < 1.29 is 14.4 Å². The number of aryl methyl sites for hydroxylation is 1. The van der Waals surface area contributed by atoms with Crippen LogP contribution in [0.3, 0.4) is 0 Å². The third-order valence-corrected chi connectivity index (χ3v) is 5.63. The van der Waals surface area contributed by atoms with Gasteiger partial charge in [0, 0.05) is 26.3 Å². The van der Waals surface area contributed by atoms with Crippen LogP contribution in [0.1, 0.15) is 24.1 Å². The molecule has 3 unspecified atom stereocenters. The maximum atomic E-state index is 13.0. The molecule has 0 N–H and O–H groups in total. The van der Waals surface area contributed by atoms with Gasteiger partial charge in [-0.05, 0) is 43.2 Å². The lowest BCUT2D eigenvalue weighted by atomic mass is 9.90. The first kappa shape index (κ1) is 18.5. The number of hydroxylamine groups is 1. The van der Waals surface area contributed by atoms with Crippen molar-refractivity contribution in [3.05, 3.63) is 59.7 Å². The van der Waals surface area contributed by atoms with Gasteiger partial charge in [-0.2, -0.15) is 0 Å². The van der Waals surface area contributed by atoms with Gasteiger partial charge in [-0.25, -0.2) is 5.06 Å². The Morgan fingerprint density at radius 2 is 1.68 bits per heavy atom. The summed E-state index contributed by atoms with van der Waals surface area (Å²) >= 11 is 0. The van der Waals surface area contributed by atoms with Crippen LogP contribution in [0.15, 0.2) is 48.5 Å². The summed E-state index contributed by atoms with van der Waals surface area (Å²) in [7, 11) is 3.98. The molecule has 6 heteroatoms. The Hall–Kier alpha value is -2.86. The SMILES string of the molecule is CCN1C(=O)C2ON(c3ccccc3C)C(c3ccc(N(C)C)cc3)C2C1=O. The van der Waals surface area contributed by atoms with Crippen molar-refractivity contribution in [2.24, 2.45) is 5.92 Å². The Morgan fingerprint density at radius 3 is 2.29 bits per heavy atom. The quantitative estimate of drug-likeness (QED) is 0.765. The number of anilines is 2. The molecule has 2 amide bonds. The second kappa shape index (κ2) is 6.95. The monoisotopic (exact) mass is 379 g/mol. The summed E-state index contributed by atoms with van der Waals surface area (Å²) in [6, 6.07) is 15.6. The number of likely N-dealkylation sites (N-methyl/N-ethyl adjacent to an activating group) is 1. The van der Waals surface area contributed by atoms with E-state index >= 15 is 0 Å². The van der Waals surface area contributed by atoms with E-state index in [0.29, 0.717) is 6.54 Å². The number of hydrogen-bond acceptors (Lipinski definition) is 5. The largest absolute Gasteiger partial charge is 0.378 e. The van der Waals surface area contributed by atoms with Crippen molar-refractivity contribution in [2.45, 2.75) is 26.0 Å². The highest BCUT2D eigenvalue weighted by atomic mass is 16.7. The fourth-order valence-electron chi connectivity index (χ4n) is 4.11. The molecule has 2 aliphatic rings. The molecule has 2 aliphatic heterocycles. The normalized spacial score (nSPS) is 24.1. The van der Waals surface area contributed by atoms with Crippen molar-refractivity contribution >= 4 is 23.2 Å². The molecule has 0 radical (unpaired) electrons. The molecule has 0 aliphatic carbocycles. The summed E-state index contributed by atoms with van der Waals surface area (Å²) in [6.07, 6.45) is -0.773. The number of rotatable bonds is 4. The Labute approximate surface area is 165 Å². The minimum absolute atomic E-state index is 0.157. The summed E-state index contributed by atoms with van der Waals surface area (Å²) < 4.78 is 0. The second-order valence-electron chi connectivity index (χ2n) is 7.52. The van der Waals surface area contributed by atoms with Gasteiger partial charge in [-0.3, -0.25) is 19.3 Å². The highest BCUT2D eigenvalue weighted by molar-refractivity contribution is 6.07. The zero-order valence-corrected chi connectivity index (χ0v) is 16.6. The number of amides is 2. The number of nitrogens with zero attached hydrogens (tertiary/aromatic N) is 3. The lowest BCUT2D eigenvalue weighted by Crippen LogP contribution is -2.37. The number of hydrogen-bond donors (Lipinski definition) is 0. The molecule has 2 aromatic carbocycles. The van der Waals surface area contributed by atoms with Gasteiger partial charge in [0.25, 0.3) is 5.91 Å². The maximum absolute atomic E-state index is 13.0. The Kier molecular flexibility index (Phi) is 4.59. The first-order chi connectivity index (χ1) is 13.4. The van der Waals surface area contributed by atoms with E-state index in [2.05, 4.69) is 0 Å². The zero-order chi connectivity index (χ0) is 20.0. The highest BCUT2D eigenvalue weighted by Gasteiger charge is 2.59. The molecule has 2 saturated heterocycles. The van der Waals surface area contributed by atoms with Crippen molar-refractivity contribution in [1.29, 1.82) is 0 Å². The van der Waals surface area contributed by atoms with Crippen LogP contribution in [-0.2, 0) is 14.4 Å². The van der Waals surface area contributed by atoms with E-state index in [0.717, 1.165) is 22.5 Å². The van der Waals surface area contributed by atoms with Crippen LogP contribution < -0.4 is 9.96 Å². The minimum atomic E-state index is -0.773. The molecule has 0 saturated carbocycles. The number of imide groups is 1. The topological polar surface area (TPSA) is 53.1 Å². The van der Waals surface area contributed by atoms with E-state index in [-0.39, 0.29) is 17.9 Å². The van der Waals surface area contributed by atoms with Gasteiger partial charge in [0.05, 0.1) is 11.7 Å². The van der Waals surface area contributed by atoms with Crippen molar-refractivity contribution in [3.8, 4) is 0 Å². The number of carbonyl (C=O) groups excluding carboxylic acids is 2. The first-order valence-corrected chi connectivity index (χ1v) is 9.58. The van der Waals surface area contributed by atoms with Gasteiger partial charge in [-0.1, -0.05) is 30.3 Å². The Balaban J connectivity index is 1.80. The van der Waals surface area contributed by atoms with Gasteiger partial charge in [0.1, 0.15) is 5.92 Å². The molecule has 2 fully saturated rings. The Bertz CT molecular complexity index is 909. The van der Waals surface area contributed by atoms with E-state index in [1.165, 1.54) is 4.90 Å². The van der Waals surface area contributed by atoms with Crippen molar-refractivity contribution in [2.75, 3.05) is 30.6 Å². The Morgan fingerprint density at radius 1 is 1.00 bits per heavy atom. The standard InChI is InChI=1S/C22H25N3O3/c1-5-24-21(26)18-19(15-10-12-16(13-11-15)23(3)4)25(28-20(18)22(24)27)17-9-7-6-8-14(17)2/h6-13,18-20H,5H2,1-4H3. The van der Waals surface area contributed by atoms with E-state index in [1.54, 1.807) is 5.06 Å². The lowest BCUT2D eigenvalue weighted by molar-refractivity contribution is -0.142. The van der Waals surface area contributed by atoms with Gasteiger partial charge < -0.3 is 4.90 Å². The van der Waals surface area contributed by atoms with Crippen LogP contribution in [0.5, 0.6) is 0 Å². The number of likely N-dealkylation sites (tertiary alicyclic amines) is 1. The molecular weight excluding hydrogens is 354 g/mol. The third kappa shape index (κ3) is 2.76. The molecule has 0 aromatic heterocycles. The minimum Gasteiger partial charge on any atom is -0.378 e. The van der Waals surface area contributed by atoms with Crippen LogP contribution in [-0.4, -0.2) is 43.5 Å². The van der Waals surface area contributed by atoms with E-state index in [9.17, 15) is 9.59 Å². The van der Waals surface area contributed by atoms with Crippen LogP contribution in [0.2, 0.25) is 0 Å². The predicted octanol–water partition coefficient (Wildman–Crippen LogP) is 2.93. The molecule has 2 heterocycles. The van der Waals surface area contributed by atoms with E-state index < -0.39 is 12.0 Å². The summed E-state index contributed by atoms with van der Waals surface area (Å²) in [6.45, 7) is 4.18. The summed E-state index contributed by atoms with van der Waals surface area (Å²) in [4.78, 5) is 35.3. The number of benzene rings is 2. The second-order valence-corrected chi connectivity index (χ2v) is 7.52. The molecule has 4 rings (SSSR count). The molecule has 0 bridgehead atoms. The van der Waals surface area contributed by atoms with E-state index in [4.69, 9.17) is 4.84 Å². The molecule has 6 nitrogen and oxygen atoms in total. The van der Waals surface area contributed by atoms with Crippen molar-refractivity contribution in [3.63, 3.8) is 0 Å². The number of para-hydroxylation sites is 1. The molecule has 146 valence electrons. The first-order valence-electron chi connectivity index (χ1n) is 9.58. The highest BCUT2D eigenvalue weighted by Crippen LogP contribution is 2.47. The van der Waals surface area contributed by atoms with Gasteiger partial charge in [0.15, 0.2) is 6.10 Å². The molecule has 28 heavy (non-hydrogen) atoms. The van der Waals surface area contributed by atoms with Gasteiger partial charge in [-0.15, -0.1) is 0 Å². The molecule has 3 atom stereocenters. The van der Waals surface area contributed by atoms with Crippen LogP contribution in [0, 0.1) is 12.8 Å².